The first kappa shape index (κ1) is 19.2. The lowest BCUT2D eigenvalue weighted by atomic mass is 10.1. The number of amides is 1. The molecule has 2 aromatic heterocycles. The number of nitrogens with one attached hydrogen (secondary N) is 1. The van der Waals surface area contributed by atoms with Crippen LogP contribution in [0.5, 0.6) is 0 Å². The third-order valence-corrected chi connectivity index (χ3v) is 6.75. The summed E-state index contributed by atoms with van der Waals surface area (Å²) in [6, 6.07) is 14.6. The van der Waals surface area contributed by atoms with Gasteiger partial charge in [-0.15, -0.1) is 10.2 Å². The van der Waals surface area contributed by atoms with Crippen molar-refractivity contribution in [2.75, 3.05) is 11.1 Å². The zero-order valence-electron chi connectivity index (χ0n) is 17.1. The fourth-order valence-corrected chi connectivity index (χ4v) is 5.15. The lowest BCUT2D eigenvalue weighted by Gasteiger charge is -2.08. The van der Waals surface area contributed by atoms with Crippen LogP contribution in [0.1, 0.15) is 32.0 Å². The van der Waals surface area contributed by atoms with Gasteiger partial charge < -0.3 is 14.5 Å². The number of aromatic nitrogens is 4. The predicted molar refractivity (Wildman–Crippen MR) is 122 cm³/mol. The fourth-order valence-electron chi connectivity index (χ4n) is 4.36. The highest BCUT2D eigenvalue weighted by molar-refractivity contribution is 7.99. The average molecular weight is 420 g/mol. The molecule has 0 saturated heterocycles. The van der Waals surface area contributed by atoms with Crippen LogP contribution in [-0.4, -0.2) is 31.0 Å². The molecule has 2 aromatic carbocycles. The lowest BCUT2D eigenvalue weighted by molar-refractivity contribution is -0.113. The second-order valence-electron chi connectivity index (χ2n) is 7.69. The molecule has 3 heterocycles. The summed E-state index contributed by atoms with van der Waals surface area (Å²) in [5.41, 5.74) is 3.24. The summed E-state index contributed by atoms with van der Waals surface area (Å²) in [6.07, 6.45) is 4.52. The molecule has 4 aromatic rings. The number of benzene rings is 2. The van der Waals surface area contributed by atoms with Gasteiger partial charge >= 0.3 is 0 Å². The Bertz CT molecular complexity index is 1230. The Morgan fingerprint density at radius 3 is 2.83 bits per heavy atom. The van der Waals surface area contributed by atoms with Crippen LogP contribution in [0.25, 0.3) is 21.8 Å². The SMILES string of the molecule is CCn1c2ccccc2c2cc(NC(=O)CSc3nnc4n3CCCCC4)ccc21. The Kier molecular flexibility index (Phi) is 5.21. The Morgan fingerprint density at radius 2 is 1.93 bits per heavy atom. The third kappa shape index (κ3) is 3.47. The number of rotatable bonds is 5. The number of aryl methyl sites for hydroxylation is 2. The van der Waals surface area contributed by atoms with Gasteiger partial charge in [0.15, 0.2) is 5.16 Å². The standard InChI is InChI=1S/C23H25N5OS/c1-2-27-19-9-6-5-8-17(19)18-14-16(11-12-20(18)27)24-22(29)15-30-23-26-25-21-10-4-3-7-13-28(21)23/h5-6,8-9,11-12,14H,2-4,7,10,13,15H2,1H3,(H,24,29). The molecule has 1 aliphatic rings. The number of para-hydroxylation sites is 1. The third-order valence-electron chi connectivity index (χ3n) is 5.78. The maximum Gasteiger partial charge on any atom is 0.234 e. The van der Waals surface area contributed by atoms with E-state index in [1.165, 1.54) is 46.4 Å². The van der Waals surface area contributed by atoms with Gasteiger partial charge in [0, 0.05) is 47.0 Å². The van der Waals surface area contributed by atoms with Crippen molar-refractivity contribution in [3.8, 4) is 0 Å². The second-order valence-corrected chi connectivity index (χ2v) is 8.63. The average Bonchev–Trinajstić information content (AvgIpc) is 3.20. The highest BCUT2D eigenvalue weighted by atomic mass is 32.2. The minimum absolute atomic E-state index is 0.0236. The van der Waals surface area contributed by atoms with Crippen LogP contribution in [0.2, 0.25) is 0 Å². The minimum atomic E-state index is -0.0236. The summed E-state index contributed by atoms with van der Waals surface area (Å²) in [5, 5.41) is 14.9. The zero-order valence-corrected chi connectivity index (χ0v) is 17.9. The molecular formula is C23H25N5OS. The van der Waals surface area contributed by atoms with Crippen molar-refractivity contribution in [1.82, 2.24) is 19.3 Å². The molecule has 1 aliphatic heterocycles. The summed E-state index contributed by atoms with van der Waals surface area (Å²) < 4.78 is 4.49. The molecule has 0 aliphatic carbocycles. The molecule has 5 rings (SSSR count). The highest BCUT2D eigenvalue weighted by Crippen LogP contribution is 2.31. The van der Waals surface area contributed by atoms with Gasteiger partial charge in [0.05, 0.1) is 5.75 Å². The molecule has 6 nitrogen and oxygen atoms in total. The molecule has 1 amide bonds. The second kappa shape index (κ2) is 8.14. The number of nitrogens with zero attached hydrogens (tertiary/aromatic N) is 4. The first-order valence-corrected chi connectivity index (χ1v) is 11.6. The summed E-state index contributed by atoms with van der Waals surface area (Å²) >= 11 is 1.47. The van der Waals surface area contributed by atoms with Gasteiger partial charge in [-0.1, -0.05) is 36.4 Å². The van der Waals surface area contributed by atoms with Crippen LogP contribution in [0.4, 0.5) is 5.69 Å². The molecule has 1 N–H and O–H groups in total. The molecule has 0 saturated carbocycles. The predicted octanol–water partition coefficient (Wildman–Crippen LogP) is 4.86. The van der Waals surface area contributed by atoms with Crippen molar-refractivity contribution in [1.29, 1.82) is 0 Å². The number of carbonyl (C=O) groups is 1. The van der Waals surface area contributed by atoms with E-state index in [0.29, 0.717) is 5.75 Å². The number of hydrogen-bond donors (Lipinski definition) is 1. The molecule has 0 bridgehead atoms. The summed E-state index contributed by atoms with van der Waals surface area (Å²) in [6.45, 7) is 4.02. The van der Waals surface area contributed by atoms with E-state index in [4.69, 9.17) is 0 Å². The van der Waals surface area contributed by atoms with Crippen molar-refractivity contribution >= 4 is 45.2 Å². The summed E-state index contributed by atoms with van der Waals surface area (Å²) in [7, 11) is 0. The monoisotopic (exact) mass is 419 g/mol. The first-order valence-electron chi connectivity index (χ1n) is 10.6. The smallest absolute Gasteiger partial charge is 0.234 e. The van der Waals surface area contributed by atoms with E-state index in [1.807, 2.05) is 6.07 Å². The molecule has 0 fully saturated rings. The van der Waals surface area contributed by atoms with Crippen molar-refractivity contribution < 1.29 is 4.79 Å². The van der Waals surface area contributed by atoms with Gasteiger partial charge in [-0.2, -0.15) is 0 Å². The number of hydrogen-bond acceptors (Lipinski definition) is 4. The van der Waals surface area contributed by atoms with E-state index < -0.39 is 0 Å². The lowest BCUT2D eigenvalue weighted by Crippen LogP contribution is -2.14. The first-order chi connectivity index (χ1) is 14.7. The van der Waals surface area contributed by atoms with Gasteiger partial charge in [-0.3, -0.25) is 4.79 Å². The van der Waals surface area contributed by atoms with Crippen LogP contribution in [0, 0.1) is 0 Å². The topological polar surface area (TPSA) is 64.7 Å². The van der Waals surface area contributed by atoms with Crippen LogP contribution in [-0.2, 0) is 24.3 Å². The van der Waals surface area contributed by atoms with Crippen LogP contribution in [0.3, 0.4) is 0 Å². The Labute approximate surface area is 179 Å². The highest BCUT2D eigenvalue weighted by Gasteiger charge is 2.16. The normalized spacial score (nSPS) is 14.0. The van der Waals surface area contributed by atoms with Crippen molar-refractivity contribution in [3.63, 3.8) is 0 Å². The fraction of sp³-hybridized carbons (Fsp3) is 0.348. The van der Waals surface area contributed by atoms with E-state index in [-0.39, 0.29) is 5.91 Å². The van der Waals surface area contributed by atoms with Gasteiger partial charge in [0.2, 0.25) is 5.91 Å². The number of thioether (sulfide) groups is 1. The number of anilines is 1. The van der Waals surface area contributed by atoms with Gasteiger partial charge in [0.25, 0.3) is 0 Å². The molecule has 0 radical (unpaired) electrons. The molecule has 0 atom stereocenters. The van der Waals surface area contributed by atoms with Crippen LogP contribution >= 0.6 is 11.8 Å². The van der Waals surface area contributed by atoms with E-state index >= 15 is 0 Å². The van der Waals surface area contributed by atoms with Gasteiger partial charge in [-0.25, -0.2) is 0 Å². The van der Waals surface area contributed by atoms with Crippen molar-refractivity contribution in [2.24, 2.45) is 0 Å². The Hall–Kier alpha value is -2.80. The molecule has 0 unspecified atom stereocenters. The molecular weight excluding hydrogens is 394 g/mol. The maximum absolute atomic E-state index is 12.6. The maximum atomic E-state index is 12.6. The number of fused-ring (bicyclic) bond motifs is 4. The summed E-state index contributed by atoms with van der Waals surface area (Å²) in [4.78, 5) is 12.6. The molecule has 7 heteroatoms. The minimum Gasteiger partial charge on any atom is -0.341 e. The number of carbonyl (C=O) groups excluding carboxylic acids is 1. The van der Waals surface area contributed by atoms with Crippen molar-refractivity contribution in [2.45, 2.75) is 50.9 Å². The van der Waals surface area contributed by atoms with E-state index in [1.54, 1.807) is 0 Å². The van der Waals surface area contributed by atoms with E-state index in [9.17, 15) is 4.79 Å². The summed E-state index contributed by atoms with van der Waals surface area (Å²) in [5.74, 6) is 1.35. The molecule has 30 heavy (non-hydrogen) atoms. The Balaban J connectivity index is 1.33. The zero-order chi connectivity index (χ0) is 20.5. The molecule has 154 valence electrons. The van der Waals surface area contributed by atoms with Crippen LogP contribution < -0.4 is 5.32 Å². The van der Waals surface area contributed by atoms with Crippen molar-refractivity contribution in [3.05, 3.63) is 48.3 Å². The van der Waals surface area contributed by atoms with Gasteiger partial charge in [-0.05, 0) is 44.0 Å². The molecule has 0 spiro atoms. The Morgan fingerprint density at radius 1 is 1.07 bits per heavy atom. The van der Waals surface area contributed by atoms with Crippen LogP contribution in [0.15, 0.2) is 47.6 Å². The quantitative estimate of drug-likeness (QED) is 0.469. The largest absolute Gasteiger partial charge is 0.341 e. The van der Waals surface area contributed by atoms with E-state index in [2.05, 4.69) is 68.0 Å². The van der Waals surface area contributed by atoms with E-state index in [0.717, 1.165) is 42.6 Å². The van der Waals surface area contributed by atoms with Gasteiger partial charge in [0.1, 0.15) is 5.82 Å².